The number of hydrogen-bond donors (Lipinski definition) is 2. The highest BCUT2D eigenvalue weighted by atomic mass is 35.5. The van der Waals surface area contributed by atoms with Gasteiger partial charge in [0.25, 0.3) is 5.91 Å². The van der Waals surface area contributed by atoms with Gasteiger partial charge in [-0.25, -0.2) is 9.18 Å². The third-order valence-electron chi connectivity index (χ3n) is 3.60. The van der Waals surface area contributed by atoms with Gasteiger partial charge in [0.15, 0.2) is 6.10 Å². The molecule has 0 aliphatic carbocycles. The summed E-state index contributed by atoms with van der Waals surface area (Å²) in [6.45, 7) is 0.0648. The van der Waals surface area contributed by atoms with E-state index in [1.54, 1.807) is 6.07 Å². The SMILES string of the molecule is O=C1NCC(C(=O)N[C@@H](c2cncc(Cl)c2)c2ccc(F)c(Cl)c2)O1. The van der Waals surface area contributed by atoms with Crippen molar-refractivity contribution in [1.82, 2.24) is 15.6 Å². The zero-order valence-electron chi connectivity index (χ0n) is 12.6. The molecule has 0 bridgehead atoms. The number of nitrogens with one attached hydrogen (secondary N) is 2. The second-order valence-corrected chi connectivity index (χ2v) is 6.17. The first-order valence-electron chi connectivity index (χ1n) is 7.24. The summed E-state index contributed by atoms with van der Waals surface area (Å²) in [5.74, 6) is -1.09. The molecule has 1 unspecified atom stereocenters. The summed E-state index contributed by atoms with van der Waals surface area (Å²) >= 11 is 11.8. The molecule has 1 aromatic heterocycles. The Morgan fingerprint density at radius 2 is 2.12 bits per heavy atom. The second kappa shape index (κ2) is 7.25. The van der Waals surface area contributed by atoms with Gasteiger partial charge in [-0.2, -0.15) is 0 Å². The molecule has 1 aliphatic rings. The predicted octanol–water partition coefficient (Wildman–Crippen LogP) is 2.84. The highest BCUT2D eigenvalue weighted by molar-refractivity contribution is 6.31. The summed E-state index contributed by atoms with van der Waals surface area (Å²) < 4.78 is 18.3. The second-order valence-electron chi connectivity index (χ2n) is 5.33. The first-order chi connectivity index (χ1) is 11.9. The van der Waals surface area contributed by atoms with Crippen molar-refractivity contribution in [2.45, 2.75) is 12.1 Å². The van der Waals surface area contributed by atoms with Crippen LogP contribution in [0.2, 0.25) is 10.0 Å². The molecule has 9 heteroatoms. The lowest BCUT2D eigenvalue weighted by molar-refractivity contribution is -0.128. The largest absolute Gasteiger partial charge is 0.434 e. The molecule has 25 heavy (non-hydrogen) atoms. The van der Waals surface area contributed by atoms with Crippen LogP contribution in [0.3, 0.4) is 0 Å². The minimum atomic E-state index is -0.960. The van der Waals surface area contributed by atoms with Gasteiger partial charge in [0.05, 0.1) is 22.6 Å². The average Bonchev–Trinajstić information content (AvgIpc) is 3.02. The summed E-state index contributed by atoms with van der Waals surface area (Å²) in [6.07, 6.45) is 1.35. The molecular weight excluding hydrogens is 372 g/mol. The van der Waals surface area contributed by atoms with Crippen molar-refractivity contribution in [1.29, 1.82) is 0 Å². The number of carbonyl (C=O) groups is 2. The topological polar surface area (TPSA) is 80.3 Å². The molecule has 130 valence electrons. The van der Waals surface area contributed by atoms with Gasteiger partial charge in [-0.1, -0.05) is 29.3 Å². The Morgan fingerprint density at radius 3 is 2.76 bits per heavy atom. The van der Waals surface area contributed by atoms with Gasteiger partial charge in [-0.05, 0) is 29.3 Å². The van der Waals surface area contributed by atoms with Crippen LogP contribution in [0.4, 0.5) is 9.18 Å². The summed E-state index contributed by atoms with van der Waals surface area (Å²) in [5, 5.41) is 5.44. The third-order valence-corrected chi connectivity index (χ3v) is 4.09. The maximum atomic E-state index is 13.5. The molecule has 1 fully saturated rings. The van der Waals surface area contributed by atoms with Gasteiger partial charge in [-0.15, -0.1) is 0 Å². The maximum Gasteiger partial charge on any atom is 0.408 e. The quantitative estimate of drug-likeness (QED) is 0.850. The molecule has 2 heterocycles. The fourth-order valence-corrected chi connectivity index (χ4v) is 2.78. The van der Waals surface area contributed by atoms with Crippen LogP contribution in [0.25, 0.3) is 0 Å². The molecule has 0 spiro atoms. The van der Waals surface area contributed by atoms with Crippen molar-refractivity contribution in [2.75, 3.05) is 6.54 Å². The number of rotatable bonds is 4. The van der Waals surface area contributed by atoms with Gasteiger partial charge in [-0.3, -0.25) is 9.78 Å². The van der Waals surface area contributed by atoms with Crippen molar-refractivity contribution < 1.29 is 18.7 Å². The molecule has 0 saturated carbocycles. The zero-order valence-corrected chi connectivity index (χ0v) is 14.1. The number of nitrogens with zero attached hydrogens (tertiary/aromatic N) is 1. The van der Waals surface area contributed by atoms with Gasteiger partial charge in [0.2, 0.25) is 0 Å². The van der Waals surface area contributed by atoms with Crippen LogP contribution in [0.15, 0.2) is 36.7 Å². The van der Waals surface area contributed by atoms with Crippen LogP contribution >= 0.6 is 23.2 Å². The number of halogens is 3. The van der Waals surface area contributed by atoms with Crippen LogP contribution in [-0.2, 0) is 9.53 Å². The fraction of sp³-hybridized carbons (Fsp3) is 0.188. The Bertz CT molecular complexity index is 834. The van der Waals surface area contributed by atoms with E-state index >= 15 is 0 Å². The molecule has 1 saturated heterocycles. The molecule has 2 N–H and O–H groups in total. The van der Waals surface area contributed by atoms with E-state index in [2.05, 4.69) is 15.6 Å². The Morgan fingerprint density at radius 1 is 1.32 bits per heavy atom. The zero-order chi connectivity index (χ0) is 18.0. The molecular formula is C16H12Cl2FN3O3. The predicted molar refractivity (Wildman–Crippen MR) is 88.9 cm³/mol. The van der Waals surface area contributed by atoms with Crippen LogP contribution in [-0.4, -0.2) is 29.6 Å². The van der Waals surface area contributed by atoms with E-state index in [4.69, 9.17) is 27.9 Å². The third kappa shape index (κ3) is 4.00. The van der Waals surface area contributed by atoms with Crippen molar-refractivity contribution in [3.8, 4) is 0 Å². The number of alkyl carbamates (subject to hydrolysis) is 1. The Balaban J connectivity index is 1.92. The molecule has 1 aliphatic heterocycles. The standard InChI is InChI=1S/C16H12Cl2FN3O3/c17-10-3-9(5-20-6-10)14(8-1-2-12(19)11(18)4-8)22-15(23)13-7-21-16(24)25-13/h1-6,13-14H,7H2,(H,21,24)(H,22,23)/t13?,14-/m1/s1. The molecule has 6 nitrogen and oxygen atoms in total. The molecule has 1 aromatic carbocycles. The molecule has 0 radical (unpaired) electrons. The van der Waals surface area contributed by atoms with Gasteiger partial charge in [0, 0.05) is 12.4 Å². The fourth-order valence-electron chi connectivity index (χ4n) is 2.41. The van der Waals surface area contributed by atoms with Crippen molar-refractivity contribution in [2.24, 2.45) is 0 Å². The van der Waals surface area contributed by atoms with Gasteiger partial charge >= 0.3 is 6.09 Å². The van der Waals surface area contributed by atoms with E-state index in [0.717, 1.165) is 0 Å². The van der Waals surface area contributed by atoms with Crippen molar-refractivity contribution in [3.05, 3.63) is 63.6 Å². The van der Waals surface area contributed by atoms with E-state index in [1.165, 1.54) is 30.6 Å². The molecule has 2 atom stereocenters. The first-order valence-corrected chi connectivity index (χ1v) is 8.00. The van der Waals surface area contributed by atoms with E-state index in [9.17, 15) is 14.0 Å². The monoisotopic (exact) mass is 383 g/mol. The number of carbonyl (C=O) groups excluding carboxylic acids is 2. The lowest BCUT2D eigenvalue weighted by Gasteiger charge is -2.21. The number of hydrogen-bond acceptors (Lipinski definition) is 4. The summed E-state index contributed by atoms with van der Waals surface area (Å²) in [6, 6.07) is 5.02. The highest BCUT2D eigenvalue weighted by Crippen LogP contribution is 2.27. The van der Waals surface area contributed by atoms with Crippen LogP contribution in [0.1, 0.15) is 17.2 Å². The number of amides is 2. The molecule has 2 aromatic rings. The highest BCUT2D eigenvalue weighted by Gasteiger charge is 2.31. The smallest absolute Gasteiger partial charge is 0.408 e. The van der Waals surface area contributed by atoms with E-state index in [1.807, 2.05) is 0 Å². The van der Waals surface area contributed by atoms with Gasteiger partial charge in [0.1, 0.15) is 5.82 Å². The van der Waals surface area contributed by atoms with Crippen LogP contribution in [0.5, 0.6) is 0 Å². The Kier molecular flexibility index (Phi) is 5.06. The molecule has 2 amide bonds. The minimum absolute atomic E-state index is 0.0648. The Labute approximate surface area is 152 Å². The lowest BCUT2D eigenvalue weighted by atomic mass is 9.99. The van der Waals surface area contributed by atoms with Crippen LogP contribution in [0, 0.1) is 5.82 Å². The van der Waals surface area contributed by atoms with Crippen LogP contribution < -0.4 is 10.6 Å². The number of benzene rings is 1. The van der Waals surface area contributed by atoms with Crippen molar-refractivity contribution >= 4 is 35.2 Å². The van der Waals surface area contributed by atoms with E-state index in [0.29, 0.717) is 16.1 Å². The number of ether oxygens (including phenoxy) is 1. The minimum Gasteiger partial charge on any atom is -0.434 e. The summed E-state index contributed by atoms with van der Waals surface area (Å²) in [4.78, 5) is 27.5. The number of pyridine rings is 1. The first kappa shape index (κ1) is 17.4. The summed E-state index contributed by atoms with van der Waals surface area (Å²) in [5.41, 5.74) is 1.10. The normalized spacial score (nSPS) is 17.6. The summed E-state index contributed by atoms with van der Waals surface area (Å²) in [7, 11) is 0. The lowest BCUT2D eigenvalue weighted by Crippen LogP contribution is -2.39. The Hall–Kier alpha value is -2.38. The maximum absolute atomic E-state index is 13.5. The van der Waals surface area contributed by atoms with Gasteiger partial charge < -0.3 is 15.4 Å². The van der Waals surface area contributed by atoms with E-state index in [-0.39, 0.29) is 11.6 Å². The number of cyclic esters (lactones) is 1. The van der Waals surface area contributed by atoms with E-state index < -0.39 is 30.0 Å². The van der Waals surface area contributed by atoms with Crippen molar-refractivity contribution in [3.63, 3.8) is 0 Å². The number of aromatic nitrogens is 1. The molecule has 3 rings (SSSR count). The average molecular weight is 384 g/mol.